The van der Waals surface area contributed by atoms with Gasteiger partial charge < -0.3 is 24.5 Å². The van der Waals surface area contributed by atoms with Gasteiger partial charge in [0.2, 0.25) is 5.91 Å². The molecule has 0 bridgehead atoms. The maximum absolute atomic E-state index is 13.0. The van der Waals surface area contributed by atoms with Crippen LogP contribution in [0.15, 0.2) is 0 Å². The number of imide groups is 1. The number of ether oxygens (including phenoxy) is 1. The highest BCUT2D eigenvalue weighted by molar-refractivity contribution is 6.07. The zero-order chi connectivity index (χ0) is 25.2. The van der Waals surface area contributed by atoms with Crippen molar-refractivity contribution in [2.24, 2.45) is 23.7 Å². The molecule has 10 nitrogen and oxygen atoms in total. The third-order valence-corrected chi connectivity index (χ3v) is 7.46. The first-order chi connectivity index (χ1) is 16.0. The number of carboxylic acid groups (broad SMARTS) is 1. The van der Waals surface area contributed by atoms with Crippen molar-refractivity contribution < 1.29 is 29.0 Å². The maximum atomic E-state index is 13.0. The van der Waals surface area contributed by atoms with E-state index in [1.807, 2.05) is 27.7 Å². The van der Waals surface area contributed by atoms with Crippen molar-refractivity contribution in [1.29, 1.82) is 0 Å². The molecule has 4 amide bonds. The van der Waals surface area contributed by atoms with E-state index in [9.17, 15) is 24.3 Å². The van der Waals surface area contributed by atoms with Crippen molar-refractivity contribution in [2.75, 3.05) is 46.3 Å². The van der Waals surface area contributed by atoms with Gasteiger partial charge in [-0.15, -0.1) is 0 Å². The average molecular weight is 481 g/mol. The summed E-state index contributed by atoms with van der Waals surface area (Å²) >= 11 is 0. The van der Waals surface area contributed by atoms with Crippen molar-refractivity contribution in [3.63, 3.8) is 0 Å². The maximum Gasteiger partial charge on any atom is 0.410 e. The molecule has 0 unspecified atom stereocenters. The molecule has 3 heterocycles. The Morgan fingerprint density at radius 1 is 0.941 bits per heavy atom. The predicted octanol–water partition coefficient (Wildman–Crippen LogP) is 2.18. The van der Waals surface area contributed by atoms with Crippen LogP contribution in [0, 0.1) is 23.7 Å². The van der Waals surface area contributed by atoms with Crippen LogP contribution in [0.5, 0.6) is 0 Å². The van der Waals surface area contributed by atoms with Crippen LogP contribution in [0.3, 0.4) is 0 Å². The summed E-state index contributed by atoms with van der Waals surface area (Å²) in [7, 11) is 2.05. The number of amides is 4. The monoisotopic (exact) mass is 480 g/mol. The Morgan fingerprint density at radius 3 is 1.97 bits per heavy atom. The van der Waals surface area contributed by atoms with Crippen LogP contribution >= 0.6 is 0 Å². The molecule has 3 aliphatic rings. The summed E-state index contributed by atoms with van der Waals surface area (Å²) in [6.07, 6.45) is 1.80. The van der Waals surface area contributed by atoms with Crippen LogP contribution in [0.4, 0.5) is 9.59 Å². The first-order valence-electron chi connectivity index (χ1n) is 12.5. The molecule has 34 heavy (non-hydrogen) atoms. The zero-order valence-corrected chi connectivity index (χ0v) is 21.1. The van der Waals surface area contributed by atoms with Gasteiger partial charge in [-0.1, -0.05) is 27.7 Å². The van der Waals surface area contributed by atoms with E-state index in [1.165, 1.54) is 4.90 Å². The molecule has 2 atom stereocenters. The van der Waals surface area contributed by atoms with Gasteiger partial charge in [-0.3, -0.25) is 4.79 Å². The topological polar surface area (TPSA) is 111 Å². The number of nitrogens with zero attached hydrogens (tertiary/aromatic N) is 4. The SMILES string of the molecule is CC(C)C(OC(=O)N1CCN(C(=O)N2C(=O)[C@H](CC3CCN(C)CC3)[C@H]2C(=O)O)CC1)C(C)C. The molecule has 0 spiro atoms. The number of carboxylic acids is 1. The lowest BCUT2D eigenvalue weighted by Gasteiger charge is -2.47. The lowest BCUT2D eigenvalue weighted by Crippen LogP contribution is -2.69. The Balaban J connectivity index is 1.54. The first kappa shape index (κ1) is 26.2. The van der Waals surface area contributed by atoms with Gasteiger partial charge >= 0.3 is 18.1 Å². The highest BCUT2D eigenvalue weighted by Crippen LogP contribution is 2.36. The molecule has 3 rings (SSSR count). The summed E-state index contributed by atoms with van der Waals surface area (Å²) in [5, 5.41) is 9.76. The number of piperidine rings is 1. The Hall–Kier alpha value is -2.36. The van der Waals surface area contributed by atoms with Crippen LogP contribution in [-0.4, -0.2) is 107 Å². The minimum Gasteiger partial charge on any atom is -0.480 e. The molecule has 3 fully saturated rings. The Bertz CT molecular complexity index is 763. The second-order valence-corrected chi connectivity index (χ2v) is 10.7. The van der Waals surface area contributed by atoms with E-state index in [0.717, 1.165) is 30.8 Å². The Labute approximate surface area is 202 Å². The first-order valence-corrected chi connectivity index (χ1v) is 12.5. The van der Waals surface area contributed by atoms with E-state index in [4.69, 9.17) is 4.74 Å². The summed E-state index contributed by atoms with van der Waals surface area (Å²) in [4.78, 5) is 56.6. The van der Waals surface area contributed by atoms with Gasteiger partial charge in [-0.2, -0.15) is 0 Å². The second kappa shape index (κ2) is 10.9. The Morgan fingerprint density at radius 2 is 1.47 bits per heavy atom. The fraction of sp³-hybridized carbons (Fsp3) is 0.833. The number of carbonyl (C=O) groups is 4. The van der Waals surface area contributed by atoms with E-state index >= 15 is 0 Å². The van der Waals surface area contributed by atoms with Gasteiger partial charge in [0.1, 0.15) is 6.10 Å². The molecule has 1 N–H and O–H groups in total. The number of aliphatic carboxylic acids is 1. The molecule has 10 heteroatoms. The summed E-state index contributed by atoms with van der Waals surface area (Å²) in [5.74, 6) is -1.48. The Kier molecular flexibility index (Phi) is 8.43. The van der Waals surface area contributed by atoms with Gasteiger partial charge in [0.15, 0.2) is 6.04 Å². The van der Waals surface area contributed by atoms with Crippen molar-refractivity contribution in [1.82, 2.24) is 19.6 Å². The van der Waals surface area contributed by atoms with E-state index in [1.54, 1.807) is 4.90 Å². The number of urea groups is 1. The number of β-lactam (4-membered cyclic amide) rings is 1. The van der Waals surface area contributed by atoms with Gasteiger partial charge in [-0.05, 0) is 57.2 Å². The van der Waals surface area contributed by atoms with E-state index in [0.29, 0.717) is 12.3 Å². The molecule has 3 saturated heterocycles. The zero-order valence-electron chi connectivity index (χ0n) is 21.1. The summed E-state index contributed by atoms with van der Waals surface area (Å²) in [5.41, 5.74) is 0. The molecule has 0 aliphatic carbocycles. The summed E-state index contributed by atoms with van der Waals surface area (Å²) < 4.78 is 5.69. The molecule has 0 aromatic carbocycles. The minimum absolute atomic E-state index is 0.191. The molecule has 0 aromatic heterocycles. The van der Waals surface area contributed by atoms with Crippen LogP contribution in [0.25, 0.3) is 0 Å². The van der Waals surface area contributed by atoms with Gasteiger partial charge in [0.25, 0.3) is 0 Å². The summed E-state index contributed by atoms with van der Waals surface area (Å²) in [6.45, 7) is 11.0. The highest BCUT2D eigenvalue weighted by Gasteiger charge is 2.56. The van der Waals surface area contributed by atoms with Gasteiger partial charge in [0.05, 0.1) is 5.92 Å². The van der Waals surface area contributed by atoms with Crippen LogP contribution in [0.2, 0.25) is 0 Å². The minimum atomic E-state index is -1.14. The van der Waals surface area contributed by atoms with Crippen LogP contribution in [-0.2, 0) is 14.3 Å². The molecule has 0 saturated carbocycles. The van der Waals surface area contributed by atoms with Gasteiger partial charge in [-0.25, -0.2) is 19.3 Å². The van der Waals surface area contributed by atoms with Crippen molar-refractivity contribution in [3.8, 4) is 0 Å². The third-order valence-electron chi connectivity index (χ3n) is 7.46. The smallest absolute Gasteiger partial charge is 0.410 e. The molecule has 0 aromatic rings. The standard InChI is InChI=1S/C24H40N4O6/c1-15(2)20(16(3)4)34-24(33)27-12-10-26(11-13-27)23(32)28-19(22(30)31)18(21(28)29)14-17-6-8-25(5)9-7-17/h15-20H,6-14H2,1-5H3,(H,30,31)/t18-,19+/m1/s1. The quantitative estimate of drug-likeness (QED) is 0.580. The molecule has 3 aliphatic heterocycles. The van der Waals surface area contributed by atoms with Gasteiger partial charge in [0, 0.05) is 26.2 Å². The van der Waals surface area contributed by atoms with Crippen LogP contribution in [0.1, 0.15) is 47.0 Å². The predicted molar refractivity (Wildman–Crippen MR) is 125 cm³/mol. The highest BCUT2D eigenvalue weighted by atomic mass is 16.6. The second-order valence-electron chi connectivity index (χ2n) is 10.7. The van der Waals surface area contributed by atoms with Crippen molar-refractivity contribution >= 4 is 24.0 Å². The van der Waals surface area contributed by atoms with E-state index in [2.05, 4.69) is 11.9 Å². The summed E-state index contributed by atoms with van der Waals surface area (Å²) in [6, 6.07) is -1.69. The molecule has 192 valence electrons. The van der Waals surface area contributed by atoms with E-state index in [-0.39, 0.29) is 44.1 Å². The lowest BCUT2D eigenvalue weighted by molar-refractivity contribution is -0.167. The fourth-order valence-electron chi connectivity index (χ4n) is 5.40. The number of carbonyl (C=O) groups excluding carboxylic acids is 3. The molecule has 0 radical (unpaired) electrons. The van der Waals surface area contributed by atoms with Crippen LogP contribution < -0.4 is 0 Å². The normalized spacial score (nSPS) is 24.7. The number of hydrogen-bond donors (Lipinski definition) is 1. The molecular weight excluding hydrogens is 440 g/mol. The van der Waals surface area contributed by atoms with E-state index < -0.39 is 36.0 Å². The third kappa shape index (κ3) is 5.64. The fourth-order valence-corrected chi connectivity index (χ4v) is 5.40. The number of hydrogen-bond acceptors (Lipinski definition) is 6. The van der Waals surface area contributed by atoms with Crippen molar-refractivity contribution in [3.05, 3.63) is 0 Å². The number of rotatable bonds is 6. The number of piperazine rings is 1. The number of likely N-dealkylation sites (tertiary alicyclic amines) is 2. The largest absolute Gasteiger partial charge is 0.480 e. The average Bonchev–Trinajstić information content (AvgIpc) is 2.79. The molecular formula is C24H40N4O6. The lowest BCUT2D eigenvalue weighted by atomic mass is 9.77. The van der Waals surface area contributed by atoms with Crippen molar-refractivity contribution in [2.45, 2.75) is 59.1 Å².